The number of carbonyl (C=O) groups is 1. The van der Waals surface area contributed by atoms with Crippen LogP contribution in [0, 0.1) is 12.7 Å². The van der Waals surface area contributed by atoms with E-state index in [2.05, 4.69) is 21.0 Å². The first-order chi connectivity index (χ1) is 12.7. The molecule has 1 unspecified atom stereocenters. The highest BCUT2D eigenvalue weighted by Crippen LogP contribution is 2.24. The lowest BCUT2D eigenvalue weighted by Crippen LogP contribution is -2.20. The molecule has 142 valence electrons. The number of hydrogen-bond donors (Lipinski definition) is 2. The number of carbonyl (C=O) groups excluding carboxylic acids is 1. The summed E-state index contributed by atoms with van der Waals surface area (Å²) < 4.78 is 18.7. The molecular formula is C19H27FN4O2. The third-order valence-electron chi connectivity index (χ3n) is 3.68. The molecule has 2 heterocycles. The number of ether oxygens (including phenoxy) is 1. The van der Waals surface area contributed by atoms with Gasteiger partial charge in [-0.2, -0.15) is 0 Å². The van der Waals surface area contributed by atoms with Crippen molar-refractivity contribution in [2.45, 2.75) is 33.2 Å². The van der Waals surface area contributed by atoms with Gasteiger partial charge >= 0.3 is 0 Å². The normalized spacial score (nSPS) is 15.2. The molecule has 1 aromatic carbocycles. The van der Waals surface area contributed by atoms with Gasteiger partial charge in [0.2, 0.25) is 5.95 Å². The van der Waals surface area contributed by atoms with Crippen molar-refractivity contribution in [3.8, 4) is 11.1 Å². The smallest absolute Gasteiger partial charge is 0.223 e. The van der Waals surface area contributed by atoms with Crippen LogP contribution < -0.4 is 11.1 Å². The van der Waals surface area contributed by atoms with E-state index >= 15 is 0 Å². The van der Waals surface area contributed by atoms with Gasteiger partial charge in [0, 0.05) is 18.4 Å². The van der Waals surface area contributed by atoms with E-state index in [0.29, 0.717) is 18.8 Å². The number of hydrogen-bond acceptors (Lipinski definition) is 6. The second-order valence-electron chi connectivity index (χ2n) is 5.25. The van der Waals surface area contributed by atoms with Crippen molar-refractivity contribution in [2.75, 3.05) is 25.6 Å². The van der Waals surface area contributed by atoms with E-state index in [4.69, 9.17) is 4.74 Å². The van der Waals surface area contributed by atoms with Crippen molar-refractivity contribution in [1.82, 2.24) is 9.97 Å². The fraction of sp³-hybridized carbons (Fsp3) is 0.421. The van der Waals surface area contributed by atoms with Gasteiger partial charge in [-0.3, -0.25) is 4.79 Å². The maximum Gasteiger partial charge on any atom is 0.223 e. The predicted octanol–water partition coefficient (Wildman–Crippen LogP) is 3.21. The highest BCUT2D eigenvalue weighted by Gasteiger charge is 2.17. The Bertz CT molecular complexity index is 704. The van der Waals surface area contributed by atoms with Crippen LogP contribution in [0.25, 0.3) is 11.1 Å². The molecule has 1 fully saturated rings. The maximum absolute atomic E-state index is 13.4. The van der Waals surface area contributed by atoms with Crippen molar-refractivity contribution >= 4 is 12.2 Å². The average molecular weight is 362 g/mol. The zero-order valence-corrected chi connectivity index (χ0v) is 15.8. The van der Waals surface area contributed by atoms with Crippen LogP contribution in [0.1, 0.15) is 36.3 Å². The van der Waals surface area contributed by atoms with Crippen molar-refractivity contribution in [2.24, 2.45) is 5.73 Å². The van der Waals surface area contributed by atoms with E-state index in [0.717, 1.165) is 29.8 Å². The monoisotopic (exact) mass is 362 g/mol. The summed E-state index contributed by atoms with van der Waals surface area (Å²) in [7, 11) is 1.50. The number of nitrogens with one attached hydrogen (secondary N) is 1. The Labute approximate surface area is 154 Å². The standard InChI is InChI=1S/C16H16FN3O2.C2H6.CH5N/c1-10-14(11-2-3-15(17)12(6-11)8-21)7-18-16(19-10)20-13-4-5-22-9-13;2*1-2/h2-3,6-8,13H,4-5,9H2,1H3,(H,18,19,20);1-2H3;2H2,1H3. The number of nitrogens with zero attached hydrogens (tertiary/aromatic N) is 2. The Hall–Kier alpha value is -2.38. The Morgan fingerprint density at radius 1 is 1.35 bits per heavy atom. The molecule has 0 spiro atoms. The minimum Gasteiger partial charge on any atom is -0.379 e. The molecule has 0 amide bonds. The lowest BCUT2D eigenvalue weighted by molar-refractivity contribution is 0.112. The molecule has 1 atom stereocenters. The molecule has 2 aromatic rings. The molecule has 1 aliphatic rings. The average Bonchev–Trinajstić information content (AvgIpc) is 3.19. The molecule has 1 aromatic heterocycles. The molecular weight excluding hydrogens is 335 g/mol. The zero-order valence-electron chi connectivity index (χ0n) is 15.8. The molecule has 1 aliphatic heterocycles. The molecule has 3 rings (SSSR count). The van der Waals surface area contributed by atoms with Crippen LogP contribution in [0.2, 0.25) is 0 Å². The van der Waals surface area contributed by atoms with Crippen molar-refractivity contribution in [3.05, 3.63) is 41.5 Å². The number of aromatic nitrogens is 2. The summed E-state index contributed by atoms with van der Waals surface area (Å²) in [6.45, 7) is 7.26. The lowest BCUT2D eigenvalue weighted by atomic mass is 10.0. The summed E-state index contributed by atoms with van der Waals surface area (Å²) >= 11 is 0. The molecule has 0 radical (unpaired) electrons. The van der Waals surface area contributed by atoms with Crippen LogP contribution in [0.5, 0.6) is 0 Å². The minimum atomic E-state index is -0.531. The predicted molar refractivity (Wildman–Crippen MR) is 102 cm³/mol. The first-order valence-electron chi connectivity index (χ1n) is 8.68. The second-order valence-corrected chi connectivity index (χ2v) is 5.25. The van der Waals surface area contributed by atoms with E-state index in [9.17, 15) is 9.18 Å². The first kappa shape index (κ1) is 21.7. The number of aryl methyl sites for hydroxylation is 1. The second kappa shape index (κ2) is 11.3. The number of nitrogens with two attached hydrogens (primary N) is 1. The van der Waals surface area contributed by atoms with Gasteiger partial charge in [-0.15, -0.1) is 0 Å². The Morgan fingerprint density at radius 3 is 2.65 bits per heavy atom. The lowest BCUT2D eigenvalue weighted by Gasteiger charge is -2.12. The molecule has 1 saturated heterocycles. The zero-order chi connectivity index (χ0) is 19.5. The van der Waals surface area contributed by atoms with E-state index in [1.54, 1.807) is 12.3 Å². The van der Waals surface area contributed by atoms with Gasteiger partial charge in [-0.25, -0.2) is 14.4 Å². The number of anilines is 1. The highest BCUT2D eigenvalue weighted by molar-refractivity contribution is 5.79. The van der Waals surface area contributed by atoms with Crippen molar-refractivity contribution < 1.29 is 13.9 Å². The Balaban J connectivity index is 0.000000791. The summed E-state index contributed by atoms with van der Waals surface area (Å²) in [5.74, 6) is 0.0197. The molecule has 6 nitrogen and oxygen atoms in total. The summed E-state index contributed by atoms with van der Waals surface area (Å²) in [6, 6.07) is 4.64. The van der Waals surface area contributed by atoms with Gasteiger partial charge in [0.25, 0.3) is 0 Å². The summed E-state index contributed by atoms with van der Waals surface area (Å²) in [5.41, 5.74) is 6.79. The van der Waals surface area contributed by atoms with Gasteiger partial charge in [-0.1, -0.05) is 19.9 Å². The van der Waals surface area contributed by atoms with Gasteiger partial charge in [-0.05, 0) is 38.1 Å². The van der Waals surface area contributed by atoms with Crippen LogP contribution >= 0.6 is 0 Å². The van der Waals surface area contributed by atoms with Gasteiger partial charge in [0.1, 0.15) is 5.82 Å². The molecule has 0 saturated carbocycles. The number of rotatable bonds is 4. The van der Waals surface area contributed by atoms with Crippen LogP contribution in [0.3, 0.4) is 0 Å². The van der Waals surface area contributed by atoms with Gasteiger partial charge in [0.15, 0.2) is 6.29 Å². The maximum atomic E-state index is 13.4. The van der Waals surface area contributed by atoms with Crippen LogP contribution in [-0.4, -0.2) is 42.6 Å². The third-order valence-corrected chi connectivity index (χ3v) is 3.68. The quantitative estimate of drug-likeness (QED) is 0.812. The first-order valence-corrected chi connectivity index (χ1v) is 8.68. The van der Waals surface area contributed by atoms with Crippen molar-refractivity contribution in [1.29, 1.82) is 0 Å². The molecule has 0 bridgehead atoms. The van der Waals surface area contributed by atoms with Crippen LogP contribution in [0.4, 0.5) is 10.3 Å². The minimum absolute atomic E-state index is 0.0298. The van der Waals surface area contributed by atoms with Crippen LogP contribution in [-0.2, 0) is 4.74 Å². The fourth-order valence-electron chi connectivity index (χ4n) is 2.45. The Morgan fingerprint density at radius 2 is 2.08 bits per heavy atom. The summed E-state index contributed by atoms with van der Waals surface area (Å²) in [6.07, 6.45) is 3.12. The van der Waals surface area contributed by atoms with E-state index < -0.39 is 5.82 Å². The van der Waals surface area contributed by atoms with E-state index in [-0.39, 0.29) is 11.6 Å². The Kier molecular flexibility index (Phi) is 9.40. The molecule has 3 N–H and O–H groups in total. The van der Waals surface area contributed by atoms with Crippen LogP contribution in [0.15, 0.2) is 24.4 Å². The number of aldehydes is 1. The third kappa shape index (κ3) is 5.57. The summed E-state index contributed by atoms with van der Waals surface area (Å²) in [4.78, 5) is 19.6. The SMILES string of the molecule is CC.CN.Cc1nc(NC2CCOC2)ncc1-c1ccc(F)c(C=O)c1. The van der Waals surface area contributed by atoms with E-state index in [1.807, 2.05) is 20.8 Å². The van der Waals surface area contributed by atoms with Gasteiger partial charge in [0.05, 0.1) is 23.9 Å². The molecule has 7 heteroatoms. The number of halogens is 1. The van der Waals surface area contributed by atoms with E-state index in [1.165, 1.54) is 19.2 Å². The summed E-state index contributed by atoms with van der Waals surface area (Å²) in [5, 5.41) is 3.23. The van der Waals surface area contributed by atoms with Gasteiger partial charge < -0.3 is 15.8 Å². The van der Waals surface area contributed by atoms with Crippen molar-refractivity contribution in [3.63, 3.8) is 0 Å². The largest absolute Gasteiger partial charge is 0.379 e. The highest BCUT2D eigenvalue weighted by atomic mass is 19.1. The molecule has 26 heavy (non-hydrogen) atoms. The fourth-order valence-corrected chi connectivity index (χ4v) is 2.45. The number of benzene rings is 1. The topological polar surface area (TPSA) is 90.1 Å². The molecule has 0 aliphatic carbocycles.